The summed E-state index contributed by atoms with van der Waals surface area (Å²) in [6.07, 6.45) is -2.99. The van der Waals surface area contributed by atoms with Gasteiger partial charge in [0.2, 0.25) is 0 Å². The number of aliphatic hydroxyl groups excluding tert-OH is 1. The third-order valence-electron chi connectivity index (χ3n) is 3.69. The van der Waals surface area contributed by atoms with Crippen LogP contribution in [0.5, 0.6) is 0 Å². The highest BCUT2D eigenvalue weighted by Gasteiger charge is 2.60. The number of esters is 2. The number of fused-ring (bicyclic) bond motifs is 1. The average Bonchev–Trinajstić information content (AvgIpc) is 2.64. The Bertz CT molecular complexity index is 432. The molecule has 0 radical (unpaired) electrons. The van der Waals surface area contributed by atoms with Crippen LogP contribution in [-0.4, -0.2) is 58.1 Å². The third-order valence-corrected chi connectivity index (χ3v) is 3.69. The molecule has 1 aliphatic carbocycles. The molecule has 2 rings (SSSR count). The molecule has 1 heterocycles. The number of carboxylic acid groups (broad SMARTS) is 1. The molecule has 106 valence electrons. The van der Waals surface area contributed by atoms with E-state index in [0.29, 0.717) is 0 Å². The first-order valence-corrected chi connectivity index (χ1v) is 5.72. The predicted octanol–water partition coefficient (Wildman–Crippen LogP) is -1.71. The maximum Gasteiger partial charge on any atom is 0.337 e. The number of methoxy groups -OCH3 is 1. The lowest BCUT2D eigenvalue weighted by Crippen LogP contribution is -2.54. The Labute approximate surface area is 107 Å². The van der Waals surface area contributed by atoms with Gasteiger partial charge in [0.1, 0.15) is 6.10 Å². The van der Waals surface area contributed by atoms with Gasteiger partial charge in [0.25, 0.3) is 0 Å². The third kappa shape index (κ3) is 2.06. The minimum absolute atomic E-state index is 0.301. The molecular formula is C11H14O8. The standard InChI is InChI=1S/C11H14O8/c1-18-10(16)11(17)2-4-6(8(13)14)9(15)19-7(4)5(12)3-11/h4-7,12,17H,2-3H2,1H3,(H,13,14)/t4-,5-,6?,7-,11+/m1/s1. The fourth-order valence-electron chi connectivity index (χ4n) is 2.83. The number of carbonyl (C=O) groups is 3. The number of carbonyl (C=O) groups excluding carboxylic acids is 2. The Morgan fingerprint density at radius 3 is 2.58 bits per heavy atom. The maximum atomic E-state index is 11.5. The largest absolute Gasteiger partial charge is 0.481 e. The van der Waals surface area contributed by atoms with Crippen molar-refractivity contribution in [2.24, 2.45) is 11.8 Å². The van der Waals surface area contributed by atoms with Gasteiger partial charge in [0.05, 0.1) is 13.2 Å². The molecule has 0 bridgehead atoms. The zero-order valence-electron chi connectivity index (χ0n) is 10.1. The number of carboxylic acids is 1. The molecule has 3 N–H and O–H groups in total. The summed E-state index contributed by atoms with van der Waals surface area (Å²) < 4.78 is 9.26. The van der Waals surface area contributed by atoms with Gasteiger partial charge in [-0.05, 0) is 6.42 Å². The molecule has 8 heteroatoms. The van der Waals surface area contributed by atoms with E-state index in [2.05, 4.69) is 4.74 Å². The average molecular weight is 274 g/mol. The van der Waals surface area contributed by atoms with E-state index in [1.54, 1.807) is 0 Å². The van der Waals surface area contributed by atoms with Crippen molar-refractivity contribution in [2.45, 2.75) is 30.7 Å². The van der Waals surface area contributed by atoms with Crippen LogP contribution in [0, 0.1) is 11.8 Å². The van der Waals surface area contributed by atoms with Crippen molar-refractivity contribution < 1.29 is 39.2 Å². The van der Waals surface area contributed by atoms with Crippen LogP contribution < -0.4 is 0 Å². The zero-order chi connectivity index (χ0) is 14.4. The Hall–Kier alpha value is -1.67. The molecule has 1 aliphatic heterocycles. The van der Waals surface area contributed by atoms with E-state index in [9.17, 15) is 24.6 Å². The Balaban J connectivity index is 2.31. The van der Waals surface area contributed by atoms with E-state index in [1.165, 1.54) is 0 Å². The summed E-state index contributed by atoms with van der Waals surface area (Å²) in [5.74, 6) is -5.78. The van der Waals surface area contributed by atoms with Crippen molar-refractivity contribution in [3.05, 3.63) is 0 Å². The first kappa shape index (κ1) is 13.8. The van der Waals surface area contributed by atoms with E-state index < -0.39 is 47.6 Å². The van der Waals surface area contributed by atoms with Crippen LogP contribution in [0.25, 0.3) is 0 Å². The number of aliphatic carboxylic acids is 1. The number of hydrogen-bond donors (Lipinski definition) is 3. The van der Waals surface area contributed by atoms with E-state index in [0.717, 1.165) is 7.11 Å². The summed E-state index contributed by atoms with van der Waals surface area (Å²) in [7, 11) is 1.07. The Morgan fingerprint density at radius 2 is 2.05 bits per heavy atom. The van der Waals surface area contributed by atoms with Gasteiger partial charge in [-0.25, -0.2) is 4.79 Å². The van der Waals surface area contributed by atoms with Gasteiger partial charge in [0, 0.05) is 12.3 Å². The van der Waals surface area contributed by atoms with Crippen LogP contribution in [0.2, 0.25) is 0 Å². The Kier molecular flexibility index (Phi) is 3.23. The second kappa shape index (κ2) is 4.46. The number of rotatable bonds is 2. The molecule has 0 aromatic rings. The molecule has 0 aromatic heterocycles. The van der Waals surface area contributed by atoms with Gasteiger partial charge in [-0.3, -0.25) is 9.59 Å². The lowest BCUT2D eigenvalue weighted by atomic mass is 9.71. The van der Waals surface area contributed by atoms with E-state index in [-0.39, 0.29) is 12.8 Å². The fraction of sp³-hybridized carbons (Fsp3) is 0.727. The highest BCUT2D eigenvalue weighted by molar-refractivity contribution is 5.96. The van der Waals surface area contributed by atoms with Crippen LogP contribution in [0.3, 0.4) is 0 Å². The van der Waals surface area contributed by atoms with Gasteiger partial charge in [-0.1, -0.05) is 0 Å². The second-order valence-corrected chi connectivity index (χ2v) is 4.88. The first-order chi connectivity index (χ1) is 8.80. The predicted molar refractivity (Wildman–Crippen MR) is 56.7 cm³/mol. The molecule has 0 aromatic carbocycles. The van der Waals surface area contributed by atoms with Crippen LogP contribution in [0.15, 0.2) is 0 Å². The van der Waals surface area contributed by atoms with Gasteiger partial charge >= 0.3 is 17.9 Å². The monoisotopic (exact) mass is 274 g/mol. The van der Waals surface area contributed by atoms with E-state index >= 15 is 0 Å². The Morgan fingerprint density at radius 1 is 1.42 bits per heavy atom. The summed E-state index contributed by atoms with van der Waals surface area (Å²) in [4.78, 5) is 34.0. The number of hydrogen-bond acceptors (Lipinski definition) is 7. The van der Waals surface area contributed by atoms with Crippen molar-refractivity contribution in [1.29, 1.82) is 0 Å². The van der Waals surface area contributed by atoms with Gasteiger partial charge in [0.15, 0.2) is 11.5 Å². The molecule has 1 saturated carbocycles. The number of ether oxygens (including phenoxy) is 2. The normalized spacial score (nSPS) is 41.3. The highest BCUT2D eigenvalue weighted by atomic mass is 16.6. The fourth-order valence-corrected chi connectivity index (χ4v) is 2.83. The van der Waals surface area contributed by atoms with Crippen molar-refractivity contribution in [3.8, 4) is 0 Å². The minimum Gasteiger partial charge on any atom is -0.481 e. The highest BCUT2D eigenvalue weighted by Crippen LogP contribution is 2.43. The van der Waals surface area contributed by atoms with Gasteiger partial charge < -0.3 is 24.8 Å². The van der Waals surface area contributed by atoms with Crippen LogP contribution >= 0.6 is 0 Å². The molecular weight excluding hydrogens is 260 g/mol. The molecule has 2 fully saturated rings. The zero-order valence-corrected chi connectivity index (χ0v) is 10.1. The first-order valence-electron chi connectivity index (χ1n) is 5.72. The second-order valence-electron chi connectivity index (χ2n) is 4.88. The van der Waals surface area contributed by atoms with E-state index in [4.69, 9.17) is 9.84 Å². The van der Waals surface area contributed by atoms with Gasteiger partial charge in [-0.2, -0.15) is 0 Å². The summed E-state index contributed by atoms with van der Waals surface area (Å²) in [5.41, 5.74) is -2.00. The van der Waals surface area contributed by atoms with Crippen molar-refractivity contribution in [2.75, 3.05) is 7.11 Å². The van der Waals surface area contributed by atoms with Crippen LogP contribution in [-0.2, 0) is 23.9 Å². The lowest BCUT2D eigenvalue weighted by Gasteiger charge is -2.38. The number of aliphatic hydroxyl groups is 2. The quantitative estimate of drug-likeness (QED) is 0.400. The van der Waals surface area contributed by atoms with Crippen LogP contribution in [0.1, 0.15) is 12.8 Å². The van der Waals surface area contributed by atoms with Crippen LogP contribution in [0.4, 0.5) is 0 Å². The molecule has 0 amide bonds. The molecule has 8 nitrogen and oxygen atoms in total. The summed E-state index contributed by atoms with van der Waals surface area (Å²) in [6.45, 7) is 0. The summed E-state index contributed by atoms with van der Waals surface area (Å²) in [6, 6.07) is 0. The maximum absolute atomic E-state index is 11.5. The summed E-state index contributed by atoms with van der Waals surface area (Å²) in [5, 5.41) is 29.0. The molecule has 19 heavy (non-hydrogen) atoms. The van der Waals surface area contributed by atoms with Crippen molar-refractivity contribution in [1.82, 2.24) is 0 Å². The molecule has 1 saturated heterocycles. The van der Waals surface area contributed by atoms with E-state index in [1.807, 2.05) is 0 Å². The molecule has 0 spiro atoms. The SMILES string of the molecule is COC(=O)[C@@]1(O)C[C@@H](O)[C@@H]2OC(=O)C(C(=O)O)[C@H]2C1. The van der Waals surface area contributed by atoms with Crippen molar-refractivity contribution in [3.63, 3.8) is 0 Å². The minimum atomic E-state index is -2.00. The topological polar surface area (TPSA) is 130 Å². The van der Waals surface area contributed by atoms with Crippen molar-refractivity contribution >= 4 is 17.9 Å². The molecule has 2 aliphatic rings. The summed E-state index contributed by atoms with van der Waals surface area (Å²) >= 11 is 0. The lowest BCUT2D eigenvalue weighted by molar-refractivity contribution is -0.181. The molecule has 1 unspecified atom stereocenters. The van der Waals surface area contributed by atoms with Gasteiger partial charge in [-0.15, -0.1) is 0 Å². The smallest absolute Gasteiger partial charge is 0.337 e. The molecule has 5 atom stereocenters.